The standard InChI is InChI=1S/C20H17ClN2O3/c1-2-12-3-5-13(6-4-12)20-22-16-10-15(7-8-17(16)26-20)23-11-14(19(21)25)9-18(23)24/h3-8,10,14H,2,9,11H2,1H3/t14-/m0/s1. The second-order valence-electron chi connectivity index (χ2n) is 6.43. The Labute approximate surface area is 155 Å². The van der Waals surface area contributed by atoms with Gasteiger partial charge in [-0.2, -0.15) is 0 Å². The van der Waals surface area contributed by atoms with Crippen molar-refractivity contribution >= 4 is 39.5 Å². The van der Waals surface area contributed by atoms with Crippen molar-refractivity contribution in [3.05, 3.63) is 48.0 Å². The van der Waals surface area contributed by atoms with Gasteiger partial charge in [-0.05, 0) is 53.9 Å². The molecule has 1 aliphatic heterocycles. The Hall–Kier alpha value is -2.66. The number of oxazole rings is 1. The molecule has 2 heterocycles. The van der Waals surface area contributed by atoms with Gasteiger partial charge >= 0.3 is 0 Å². The number of hydrogen-bond donors (Lipinski definition) is 0. The fourth-order valence-corrected chi connectivity index (χ4v) is 3.35. The van der Waals surface area contributed by atoms with Crippen molar-refractivity contribution < 1.29 is 14.0 Å². The van der Waals surface area contributed by atoms with Crippen LogP contribution < -0.4 is 4.90 Å². The number of hydrogen-bond acceptors (Lipinski definition) is 4. The SMILES string of the molecule is CCc1ccc(-c2nc3cc(N4C[C@@H](C(=O)Cl)CC4=O)ccc3o2)cc1. The Morgan fingerprint density at radius 1 is 1.27 bits per heavy atom. The maximum Gasteiger partial charge on any atom is 0.227 e. The highest BCUT2D eigenvalue weighted by molar-refractivity contribution is 6.64. The second-order valence-corrected chi connectivity index (χ2v) is 6.80. The molecule has 5 nitrogen and oxygen atoms in total. The van der Waals surface area contributed by atoms with Crippen LogP contribution in [0.4, 0.5) is 5.69 Å². The van der Waals surface area contributed by atoms with Crippen LogP contribution in [0.25, 0.3) is 22.6 Å². The van der Waals surface area contributed by atoms with Crippen molar-refractivity contribution in [3.63, 3.8) is 0 Å². The minimum absolute atomic E-state index is 0.109. The molecular formula is C20H17ClN2O3. The zero-order valence-corrected chi connectivity index (χ0v) is 15.0. The van der Waals surface area contributed by atoms with E-state index in [0.717, 1.165) is 12.0 Å². The number of nitrogens with zero attached hydrogens (tertiary/aromatic N) is 2. The molecule has 0 N–H and O–H groups in total. The van der Waals surface area contributed by atoms with Gasteiger partial charge < -0.3 is 9.32 Å². The molecule has 1 aromatic heterocycles. The normalized spacial score (nSPS) is 17.2. The molecule has 0 aliphatic carbocycles. The molecule has 1 atom stereocenters. The number of aryl methyl sites for hydroxylation is 1. The predicted molar refractivity (Wildman–Crippen MR) is 100 cm³/mol. The van der Waals surface area contributed by atoms with Crippen molar-refractivity contribution in [2.75, 3.05) is 11.4 Å². The van der Waals surface area contributed by atoms with E-state index < -0.39 is 11.2 Å². The molecule has 132 valence electrons. The summed E-state index contributed by atoms with van der Waals surface area (Å²) in [5, 5.41) is -0.471. The topological polar surface area (TPSA) is 63.4 Å². The molecule has 0 radical (unpaired) electrons. The zero-order valence-electron chi connectivity index (χ0n) is 14.2. The van der Waals surface area contributed by atoms with E-state index in [1.807, 2.05) is 18.2 Å². The Balaban J connectivity index is 1.65. The lowest BCUT2D eigenvalue weighted by Gasteiger charge is -2.15. The van der Waals surface area contributed by atoms with Gasteiger partial charge in [0.2, 0.25) is 17.0 Å². The molecule has 26 heavy (non-hydrogen) atoms. The van der Waals surface area contributed by atoms with E-state index in [2.05, 4.69) is 24.0 Å². The van der Waals surface area contributed by atoms with Crippen LogP contribution in [-0.2, 0) is 16.0 Å². The number of benzene rings is 2. The van der Waals surface area contributed by atoms with Gasteiger partial charge in [-0.15, -0.1) is 0 Å². The number of halogens is 1. The lowest BCUT2D eigenvalue weighted by atomic mass is 10.1. The van der Waals surface area contributed by atoms with Crippen LogP contribution in [-0.4, -0.2) is 22.7 Å². The molecule has 0 spiro atoms. The Bertz CT molecular complexity index is 994. The first-order valence-corrected chi connectivity index (χ1v) is 8.92. The third-order valence-corrected chi connectivity index (χ3v) is 5.05. The fourth-order valence-electron chi connectivity index (χ4n) is 3.20. The largest absolute Gasteiger partial charge is 0.436 e. The highest BCUT2D eigenvalue weighted by atomic mass is 35.5. The first kappa shape index (κ1) is 16.8. The molecule has 1 aliphatic rings. The van der Waals surface area contributed by atoms with Crippen molar-refractivity contribution in [1.29, 1.82) is 0 Å². The van der Waals surface area contributed by atoms with Crippen LogP contribution in [0.3, 0.4) is 0 Å². The molecule has 0 unspecified atom stereocenters. The van der Waals surface area contributed by atoms with Crippen molar-refractivity contribution in [2.24, 2.45) is 5.92 Å². The van der Waals surface area contributed by atoms with E-state index in [-0.39, 0.29) is 12.3 Å². The first-order valence-electron chi connectivity index (χ1n) is 8.54. The fraction of sp³-hybridized carbons (Fsp3) is 0.250. The third kappa shape index (κ3) is 2.99. The summed E-state index contributed by atoms with van der Waals surface area (Å²) >= 11 is 5.54. The van der Waals surface area contributed by atoms with Gasteiger partial charge in [-0.25, -0.2) is 4.98 Å². The summed E-state index contributed by atoms with van der Waals surface area (Å²) in [6.07, 6.45) is 1.13. The van der Waals surface area contributed by atoms with Crippen molar-refractivity contribution in [1.82, 2.24) is 4.98 Å². The summed E-state index contributed by atoms with van der Waals surface area (Å²) < 4.78 is 5.84. The van der Waals surface area contributed by atoms with Crippen LogP contribution in [0, 0.1) is 5.92 Å². The van der Waals surface area contributed by atoms with E-state index in [9.17, 15) is 9.59 Å². The third-order valence-electron chi connectivity index (χ3n) is 4.74. The number of anilines is 1. The van der Waals surface area contributed by atoms with Crippen molar-refractivity contribution in [3.8, 4) is 11.5 Å². The minimum Gasteiger partial charge on any atom is -0.436 e. The monoisotopic (exact) mass is 368 g/mol. The maximum absolute atomic E-state index is 12.2. The summed E-state index contributed by atoms with van der Waals surface area (Å²) in [5.41, 5.74) is 4.18. The molecule has 6 heteroatoms. The second kappa shape index (κ2) is 6.57. The summed E-state index contributed by atoms with van der Waals surface area (Å²) in [7, 11) is 0. The van der Waals surface area contributed by atoms with Crippen LogP contribution in [0.5, 0.6) is 0 Å². The van der Waals surface area contributed by atoms with E-state index in [0.29, 0.717) is 29.2 Å². The molecule has 2 aromatic carbocycles. The molecule has 3 aromatic rings. The van der Waals surface area contributed by atoms with Crippen LogP contribution in [0.1, 0.15) is 18.9 Å². The number of fused-ring (bicyclic) bond motifs is 1. The van der Waals surface area contributed by atoms with E-state index >= 15 is 0 Å². The highest BCUT2D eigenvalue weighted by Gasteiger charge is 2.34. The number of carbonyl (C=O) groups excluding carboxylic acids is 2. The number of rotatable bonds is 4. The lowest BCUT2D eigenvalue weighted by molar-refractivity contribution is -0.120. The van der Waals surface area contributed by atoms with Crippen molar-refractivity contribution in [2.45, 2.75) is 19.8 Å². The van der Waals surface area contributed by atoms with Gasteiger partial charge in [-0.1, -0.05) is 19.1 Å². The van der Waals surface area contributed by atoms with Gasteiger partial charge in [0.1, 0.15) is 5.52 Å². The molecule has 1 saturated heterocycles. The molecule has 4 rings (SSSR count). The molecule has 1 amide bonds. The minimum atomic E-state index is -0.471. The summed E-state index contributed by atoms with van der Waals surface area (Å²) in [5.74, 6) is -0.0200. The Morgan fingerprint density at radius 2 is 2.04 bits per heavy atom. The summed E-state index contributed by atoms with van der Waals surface area (Å²) in [6.45, 7) is 2.41. The first-order chi connectivity index (χ1) is 12.5. The Morgan fingerprint density at radius 3 is 2.69 bits per heavy atom. The van der Waals surface area contributed by atoms with E-state index in [4.69, 9.17) is 16.0 Å². The van der Waals surface area contributed by atoms with Crippen LogP contribution in [0.15, 0.2) is 46.9 Å². The lowest BCUT2D eigenvalue weighted by Crippen LogP contribution is -2.25. The smallest absolute Gasteiger partial charge is 0.227 e. The summed E-state index contributed by atoms with van der Waals surface area (Å²) in [6, 6.07) is 13.5. The number of amides is 1. The Kier molecular flexibility index (Phi) is 4.24. The van der Waals surface area contributed by atoms with Gasteiger partial charge in [-0.3, -0.25) is 9.59 Å². The zero-order chi connectivity index (χ0) is 18.3. The number of aromatic nitrogens is 1. The van der Waals surface area contributed by atoms with E-state index in [1.54, 1.807) is 17.0 Å². The van der Waals surface area contributed by atoms with Gasteiger partial charge in [0.05, 0.1) is 5.92 Å². The average Bonchev–Trinajstić information content (AvgIpc) is 3.24. The van der Waals surface area contributed by atoms with Gasteiger partial charge in [0.15, 0.2) is 5.58 Å². The van der Waals surface area contributed by atoms with E-state index in [1.165, 1.54) is 5.56 Å². The quantitative estimate of drug-likeness (QED) is 0.648. The number of carbonyl (C=O) groups is 2. The molecule has 0 saturated carbocycles. The average molecular weight is 369 g/mol. The molecule has 0 bridgehead atoms. The van der Waals surface area contributed by atoms with Crippen LogP contribution >= 0.6 is 11.6 Å². The van der Waals surface area contributed by atoms with Crippen LogP contribution in [0.2, 0.25) is 0 Å². The van der Waals surface area contributed by atoms with Gasteiger partial charge in [0.25, 0.3) is 0 Å². The highest BCUT2D eigenvalue weighted by Crippen LogP contribution is 2.31. The predicted octanol–water partition coefficient (Wildman–Crippen LogP) is 4.18. The summed E-state index contributed by atoms with van der Waals surface area (Å²) in [4.78, 5) is 29.7. The molecule has 1 fully saturated rings. The van der Waals surface area contributed by atoms with Gasteiger partial charge in [0, 0.05) is 24.2 Å². The molecular weight excluding hydrogens is 352 g/mol. The maximum atomic E-state index is 12.2.